The molecular formula is C14H17N3O5S. The van der Waals surface area contributed by atoms with Gasteiger partial charge in [0, 0.05) is 24.5 Å². The standard InChI is InChI=1S/C14H17N3O5S/c1-2-16-5-6-17(13(21)12(16)20)14(22)15-9(8-11(18)19)10-4-3-7-23-10/h3-4,7,9H,2,5-6,8H2,1H3,(H,15,22)(H,18,19). The van der Waals surface area contributed by atoms with Crippen LogP contribution in [0.4, 0.5) is 4.79 Å². The molecule has 0 radical (unpaired) electrons. The van der Waals surface area contributed by atoms with Crippen LogP contribution in [0.15, 0.2) is 17.5 Å². The van der Waals surface area contributed by atoms with Crippen molar-refractivity contribution in [1.82, 2.24) is 15.1 Å². The van der Waals surface area contributed by atoms with Gasteiger partial charge in [-0.05, 0) is 18.4 Å². The molecule has 1 atom stereocenters. The minimum absolute atomic E-state index is 0.0917. The molecule has 0 aromatic carbocycles. The van der Waals surface area contributed by atoms with Crippen LogP contribution < -0.4 is 5.32 Å². The molecule has 1 fully saturated rings. The lowest BCUT2D eigenvalue weighted by molar-refractivity contribution is -0.153. The number of carboxylic acids is 1. The van der Waals surface area contributed by atoms with Gasteiger partial charge in [-0.3, -0.25) is 19.3 Å². The molecule has 2 heterocycles. The Morgan fingerprint density at radius 2 is 2.09 bits per heavy atom. The molecule has 1 aliphatic heterocycles. The van der Waals surface area contributed by atoms with Crippen LogP contribution in [0.2, 0.25) is 0 Å². The maximum absolute atomic E-state index is 12.3. The van der Waals surface area contributed by atoms with Crippen LogP contribution in [0, 0.1) is 0 Å². The van der Waals surface area contributed by atoms with Crippen molar-refractivity contribution in [2.75, 3.05) is 19.6 Å². The number of likely N-dealkylation sites (N-methyl/N-ethyl adjacent to an activating group) is 1. The van der Waals surface area contributed by atoms with E-state index >= 15 is 0 Å². The molecule has 124 valence electrons. The van der Waals surface area contributed by atoms with Crippen LogP contribution in [-0.2, 0) is 14.4 Å². The zero-order chi connectivity index (χ0) is 17.0. The number of hydrogen-bond donors (Lipinski definition) is 2. The minimum Gasteiger partial charge on any atom is -0.481 e. The van der Waals surface area contributed by atoms with Crippen molar-refractivity contribution in [3.05, 3.63) is 22.4 Å². The second-order valence-electron chi connectivity index (χ2n) is 4.96. The fourth-order valence-electron chi connectivity index (χ4n) is 2.28. The first-order chi connectivity index (χ1) is 10.9. The van der Waals surface area contributed by atoms with E-state index in [0.717, 1.165) is 4.90 Å². The molecule has 1 unspecified atom stereocenters. The number of aliphatic carboxylic acids is 1. The van der Waals surface area contributed by atoms with Gasteiger partial charge in [0.15, 0.2) is 0 Å². The summed E-state index contributed by atoms with van der Waals surface area (Å²) in [4.78, 5) is 49.9. The zero-order valence-corrected chi connectivity index (χ0v) is 13.3. The van der Waals surface area contributed by atoms with Gasteiger partial charge >= 0.3 is 23.8 Å². The maximum Gasteiger partial charge on any atom is 0.325 e. The highest BCUT2D eigenvalue weighted by molar-refractivity contribution is 7.10. The van der Waals surface area contributed by atoms with Gasteiger partial charge in [-0.15, -0.1) is 11.3 Å². The van der Waals surface area contributed by atoms with Gasteiger partial charge in [0.1, 0.15) is 0 Å². The van der Waals surface area contributed by atoms with Crippen molar-refractivity contribution in [1.29, 1.82) is 0 Å². The predicted molar refractivity (Wildman–Crippen MR) is 81.8 cm³/mol. The average Bonchev–Trinajstić information content (AvgIpc) is 3.03. The summed E-state index contributed by atoms with van der Waals surface area (Å²) in [5, 5.41) is 13.3. The smallest absolute Gasteiger partial charge is 0.325 e. The third-order valence-corrected chi connectivity index (χ3v) is 4.48. The fourth-order valence-corrected chi connectivity index (χ4v) is 3.06. The van der Waals surface area contributed by atoms with Crippen LogP contribution in [-0.4, -0.2) is 58.4 Å². The Kier molecular flexibility index (Phi) is 5.32. The Morgan fingerprint density at radius 1 is 1.35 bits per heavy atom. The molecule has 0 bridgehead atoms. The summed E-state index contributed by atoms with van der Waals surface area (Å²) < 4.78 is 0. The van der Waals surface area contributed by atoms with E-state index in [2.05, 4.69) is 5.32 Å². The third kappa shape index (κ3) is 3.86. The Bertz CT molecular complexity index is 616. The number of urea groups is 1. The summed E-state index contributed by atoms with van der Waals surface area (Å²) in [5.74, 6) is -2.68. The van der Waals surface area contributed by atoms with Gasteiger partial charge in [0.2, 0.25) is 0 Å². The molecule has 4 amide bonds. The van der Waals surface area contributed by atoms with Gasteiger partial charge in [0.05, 0.1) is 12.5 Å². The SMILES string of the molecule is CCN1CCN(C(=O)NC(CC(=O)O)c2cccs2)C(=O)C1=O. The fraction of sp³-hybridized carbons (Fsp3) is 0.429. The highest BCUT2D eigenvalue weighted by atomic mass is 32.1. The summed E-state index contributed by atoms with van der Waals surface area (Å²) >= 11 is 1.31. The van der Waals surface area contributed by atoms with Crippen LogP contribution >= 0.6 is 11.3 Å². The molecule has 0 spiro atoms. The summed E-state index contributed by atoms with van der Waals surface area (Å²) in [6, 6.07) is 1.96. The van der Waals surface area contributed by atoms with Crippen molar-refractivity contribution in [2.45, 2.75) is 19.4 Å². The van der Waals surface area contributed by atoms with Gasteiger partial charge in [-0.1, -0.05) is 6.07 Å². The van der Waals surface area contributed by atoms with E-state index < -0.39 is 29.9 Å². The zero-order valence-electron chi connectivity index (χ0n) is 12.5. The lowest BCUT2D eigenvalue weighted by atomic mass is 10.1. The maximum atomic E-state index is 12.3. The van der Waals surface area contributed by atoms with Gasteiger partial charge in [-0.25, -0.2) is 4.79 Å². The second kappa shape index (κ2) is 7.23. The Balaban J connectivity index is 2.08. The van der Waals surface area contributed by atoms with E-state index in [1.54, 1.807) is 24.4 Å². The highest BCUT2D eigenvalue weighted by Crippen LogP contribution is 2.22. The predicted octanol–water partition coefficient (Wildman–Crippen LogP) is 0.664. The Morgan fingerprint density at radius 3 is 2.65 bits per heavy atom. The molecule has 1 saturated heterocycles. The average molecular weight is 339 g/mol. The molecule has 23 heavy (non-hydrogen) atoms. The Labute approximate surface area is 136 Å². The number of carbonyl (C=O) groups excluding carboxylic acids is 3. The molecule has 0 aliphatic carbocycles. The molecule has 8 nitrogen and oxygen atoms in total. The number of piperazine rings is 1. The van der Waals surface area contributed by atoms with E-state index in [1.165, 1.54) is 16.2 Å². The Hall–Kier alpha value is -2.42. The number of carbonyl (C=O) groups is 4. The number of rotatable bonds is 5. The van der Waals surface area contributed by atoms with Crippen molar-refractivity contribution in [3.63, 3.8) is 0 Å². The summed E-state index contributed by atoms with van der Waals surface area (Å²) in [7, 11) is 0. The molecule has 2 N–H and O–H groups in total. The molecule has 1 aliphatic rings. The van der Waals surface area contributed by atoms with Crippen LogP contribution in [0.1, 0.15) is 24.3 Å². The van der Waals surface area contributed by atoms with E-state index in [1.807, 2.05) is 0 Å². The molecular weight excluding hydrogens is 322 g/mol. The summed E-state index contributed by atoms with van der Waals surface area (Å²) in [5.41, 5.74) is 0. The number of nitrogens with one attached hydrogen (secondary N) is 1. The normalized spacial score (nSPS) is 16.4. The first kappa shape index (κ1) is 16.9. The minimum atomic E-state index is -1.07. The summed E-state index contributed by atoms with van der Waals surface area (Å²) in [6.07, 6.45) is -0.302. The van der Waals surface area contributed by atoms with Gasteiger partial charge in [0.25, 0.3) is 0 Å². The van der Waals surface area contributed by atoms with E-state index in [4.69, 9.17) is 5.11 Å². The third-order valence-electron chi connectivity index (χ3n) is 3.50. The first-order valence-electron chi connectivity index (χ1n) is 7.10. The quantitative estimate of drug-likeness (QED) is 0.767. The molecule has 9 heteroatoms. The van der Waals surface area contributed by atoms with Crippen molar-refractivity contribution in [2.24, 2.45) is 0 Å². The molecule has 0 saturated carbocycles. The molecule has 2 rings (SSSR count). The monoisotopic (exact) mass is 339 g/mol. The molecule has 1 aromatic heterocycles. The summed E-state index contributed by atoms with van der Waals surface area (Å²) in [6.45, 7) is 2.52. The number of amides is 4. The van der Waals surface area contributed by atoms with Crippen LogP contribution in [0.25, 0.3) is 0 Å². The largest absolute Gasteiger partial charge is 0.481 e. The van der Waals surface area contributed by atoms with E-state index in [9.17, 15) is 19.2 Å². The van der Waals surface area contributed by atoms with Crippen molar-refractivity contribution < 1.29 is 24.3 Å². The van der Waals surface area contributed by atoms with Crippen molar-refractivity contribution >= 4 is 35.2 Å². The first-order valence-corrected chi connectivity index (χ1v) is 7.98. The number of imide groups is 1. The van der Waals surface area contributed by atoms with Gasteiger partial charge < -0.3 is 15.3 Å². The topological polar surface area (TPSA) is 107 Å². The lowest BCUT2D eigenvalue weighted by Crippen LogP contribution is -2.58. The number of hydrogen-bond acceptors (Lipinski definition) is 5. The van der Waals surface area contributed by atoms with Crippen LogP contribution in [0.5, 0.6) is 0 Å². The van der Waals surface area contributed by atoms with Crippen LogP contribution in [0.3, 0.4) is 0 Å². The number of carboxylic acid groups (broad SMARTS) is 1. The molecule has 1 aromatic rings. The lowest BCUT2D eigenvalue weighted by Gasteiger charge is -2.32. The van der Waals surface area contributed by atoms with Gasteiger partial charge in [-0.2, -0.15) is 0 Å². The highest BCUT2D eigenvalue weighted by Gasteiger charge is 2.36. The van der Waals surface area contributed by atoms with E-state index in [0.29, 0.717) is 11.4 Å². The van der Waals surface area contributed by atoms with Crippen molar-refractivity contribution in [3.8, 4) is 0 Å². The van der Waals surface area contributed by atoms with E-state index in [-0.39, 0.29) is 19.5 Å². The second-order valence-corrected chi connectivity index (χ2v) is 5.94. The number of nitrogens with zero attached hydrogens (tertiary/aromatic N) is 2. The number of thiophene rings is 1.